The molecule has 2 aromatic carbocycles. The first-order valence-electron chi connectivity index (χ1n) is 12.4. The number of carbonyl (C=O) groups is 2. The summed E-state index contributed by atoms with van der Waals surface area (Å²) < 4.78 is 26.5. The fourth-order valence-corrected chi connectivity index (χ4v) is 5.54. The third kappa shape index (κ3) is 7.28. The molecule has 37 heavy (non-hydrogen) atoms. The van der Waals surface area contributed by atoms with Gasteiger partial charge in [-0.1, -0.05) is 56.2 Å². The predicted molar refractivity (Wildman–Crippen MR) is 141 cm³/mol. The first-order chi connectivity index (χ1) is 17.5. The number of nitrogens with zero attached hydrogens (tertiary/aromatic N) is 3. The summed E-state index contributed by atoms with van der Waals surface area (Å²) in [4.78, 5) is 39.2. The highest BCUT2D eigenvalue weighted by molar-refractivity contribution is 7.92. The number of non-ortho nitro benzene ring substituents is 1. The van der Waals surface area contributed by atoms with E-state index in [9.17, 15) is 28.1 Å². The van der Waals surface area contributed by atoms with Crippen molar-refractivity contribution in [1.29, 1.82) is 0 Å². The van der Waals surface area contributed by atoms with E-state index in [1.807, 2.05) is 37.3 Å². The molecule has 1 aliphatic carbocycles. The number of hydrogen-bond acceptors (Lipinski definition) is 6. The lowest BCUT2D eigenvalue weighted by atomic mass is 10.1. The van der Waals surface area contributed by atoms with Crippen LogP contribution in [0.4, 0.5) is 11.4 Å². The minimum Gasteiger partial charge on any atom is -0.352 e. The van der Waals surface area contributed by atoms with Gasteiger partial charge in [-0.3, -0.25) is 24.0 Å². The maximum atomic E-state index is 13.8. The molecule has 200 valence electrons. The SMILES string of the molecule is CC[C@@H](C(=O)NC1CCCC1)N(Cc1ccccc1)C(=O)CN(c1cc([N+](=O)[O-])ccc1C)S(C)(=O)=O. The van der Waals surface area contributed by atoms with Gasteiger partial charge in [0.1, 0.15) is 12.6 Å². The number of anilines is 1. The molecule has 3 rings (SSSR count). The van der Waals surface area contributed by atoms with E-state index in [0.29, 0.717) is 12.0 Å². The van der Waals surface area contributed by atoms with E-state index >= 15 is 0 Å². The van der Waals surface area contributed by atoms with Gasteiger partial charge < -0.3 is 10.2 Å². The normalized spacial score (nSPS) is 14.7. The van der Waals surface area contributed by atoms with Crippen LogP contribution in [0.1, 0.15) is 50.2 Å². The van der Waals surface area contributed by atoms with Crippen molar-refractivity contribution in [2.45, 2.75) is 64.6 Å². The molecule has 0 spiro atoms. The van der Waals surface area contributed by atoms with Crippen molar-refractivity contribution in [1.82, 2.24) is 10.2 Å². The minimum absolute atomic E-state index is 0.0492. The molecule has 10 nitrogen and oxygen atoms in total. The summed E-state index contributed by atoms with van der Waals surface area (Å²) in [7, 11) is -3.99. The van der Waals surface area contributed by atoms with Crippen LogP contribution in [0.25, 0.3) is 0 Å². The average molecular weight is 531 g/mol. The van der Waals surface area contributed by atoms with Crippen LogP contribution >= 0.6 is 0 Å². The highest BCUT2D eigenvalue weighted by Crippen LogP contribution is 2.28. The second-order valence-corrected chi connectivity index (χ2v) is 11.3. The van der Waals surface area contributed by atoms with Gasteiger partial charge in [0.25, 0.3) is 5.69 Å². The van der Waals surface area contributed by atoms with Crippen LogP contribution in [0.2, 0.25) is 0 Å². The molecule has 2 amide bonds. The standard InChI is InChI=1S/C26H34N4O6S/c1-4-23(26(32)27-21-12-8-9-13-21)28(17-20-10-6-5-7-11-20)25(31)18-29(37(3,35)36)24-16-22(30(33)34)15-14-19(24)2/h5-7,10-11,14-16,21,23H,4,8-9,12-13,17-18H2,1-3H3,(H,27,32)/t23-/m0/s1. The van der Waals surface area contributed by atoms with Crippen molar-refractivity contribution < 1.29 is 22.9 Å². The number of carbonyl (C=O) groups excluding carboxylic acids is 2. The second kappa shape index (κ2) is 12.2. The Bertz CT molecular complexity index is 1230. The first-order valence-corrected chi connectivity index (χ1v) is 14.2. The van der Waals surface area contributed by atoms with E-state index in [4.69, 9.17) is 0 Å². The first kappa shape index (κ1) is 28.1. The van der Waals surface area contributed by atoms with Gasteiger partial charge in [-0.05, 0) is 37.3 Å². The Morgan fingerprint density at radius 3 is 2.35 bits per heavy atom. The quantitative estimate of drug-likeness (QED) is 0.349. The number of nitro benzene ring substituents is 1. The molecule has 0 unspecified atom stereocenters. The van der Waals surface area contributed by atoms with Gasteiger partial charge in [-0.25, -0.2) is 8.42 Å². The van der Waals surface area contributed by atoms with Crippen LogP contribution in [-0.4, -0.2) is 54.9 Å². The van der Waals surface area contributed by atoms with Crippen molar-refractivity contribution in [3.05, 3.63) is 69.8 Å². The van der Waals surface area contributed by atoms with Gasteiger partial charge >= 0.3 is 0 Å². The summed E-state index contributed by atoms with van der Waals surface area (Å²) in [5.74, 6) is -0.843. The third-order valence-electron chi connectivity index (χ3n) is 6.63. The van der Waals surface area contributed by atoms with Crippen LogP contribution in [0, 0.1) is 17.0 Å². The maximum absolute atomic E-state index is 13.8. The topological polar surface area (TPSA) is 130 Å². The smallest absolute Gasteiger partial charge is 0.271 e. The van der Waals surface area contributed by atoms with Gasteiger partial charge in [-0.2, -0.15) is 0 Å². The van der Waals surface area contributed by atoms with Crippen LogP contribution in [-0.2, 0) is 26.2 Å². The van der Waals surface area contributed by atoms with Gasteiger partial charge in [-0.15, -0.1) is 0 Å². The highest BCUT2D eigenvalue weighted by atomic mass is 32.2. The lowest BCUT2D eigenvalue weighted by Gasteiger charge is -2.33. The number of nitrogens with one attached hydrogen (secondary N) is 1. The Balaban J connectivity index is 1.96. The predicted octanol–water partition coefficient (Wildman–Crippen LogP) is 3.54. The number of benzene rings is 2. The van der Waals surface area contributed by atoms with Crippen LogP contribution in [0.5, 0.6) is 0 Å². The van der Waals surface area contributed by atoms with Crippen LogP contribution < -0.4 is 9.62 Å². The summed E-state index contributed by atoms with van der Waals surface area (Å²) in [6.07, 6.45) is 5.15. The van der Waals surface area contributed by atoms with Crippen molar-refractivity contribution in [3.8, 4) is 0 Å². The molecule has 0 bridgehead atoms. The molecular weight excluding hydrogens is 496 g/mol. The Hall–Kier alpha value is -3.47. The lowest BCUT2D eigenvalue weighted by molar-refractivity contribution is -0.384. The highest BCUT2D eigenvalue weighted by Gasteiger charge is 2.33. The number of hydrogen-bond donors (Lipinski definition) is 1. The summed E-state index contributed by atoms with van der Waals surface area (Å²) in [6.45, 7) is 2.94. The van der Waals surface area contributed by atoms with Crippen molar-refractivity contribution in [2.75, 3.05) is 17.1 Å². The molecule has 11 heteroatoms. The molecule has 0 radical (unpaired) electrons. The molecule has 0 aromatic heterocycles. The molecule has 2 aromatic rings. The fraction of sp³-hybridized carbons (Fsp3) is 0.462. The zero-order chi connectivity index (χ0) is 27.2. The molecular formula is C26H34N4O6S. The molecule has 0 heterocycles. The van der Waals surface area contributed by atoms with E-state index in [0.717, 1.165) is 47.9 Å². The van der Waals surface area contributed by atoms with Gasteiger partial charge in [0.05, 0.1) is 16.9 Å². The zero-order valence-corrected chi connectivity index (χ0v) is 22.2. The second-order valence-electron chi connectivity index (χ2n) is 9.42. The van der Waals surface area contributed by atoms with Gasteiger partial charge in [0, 0.05) is 24.7 Å². The van der Waals surface area contributed by atoms with E-state index in [-0.39, 0.29) is 29.9 Å². The third-order valence-corrected chi connectivity index (χ3v) is 7.76. The Labute approximate surface area is 217 Å². The fourth-order valence-electron chi connectivity index (χ4n) is 4.64. The Morgan fingerprint density at radius 2 is 1.78 bits per heavy atom. The maximum Gasteiger partial charge on any atom is 0.271 e. The molecule has 1 atom stereocenters. The molecule has 0 saturated heterocycles. The van der Waals surface area contributed by atoms with E-state index in [1.165, 1.54) is 17.0 Å². The number of sulfonamides is 1. The zero-order valence-electron chi connectivity index (χ0n) is 21.4. The molecule has 1 saturated carbocycles. The molecule has 1 N–H and O–H groups in total. The van der Waals surface area contributed by atoms with E-state index in [2.05, 4.69) is 5.32 Å². The van der Waals surface area contributed by atoms with Crippen LogP contribution in [0.15, 0.2) is 48.5 Å². The average Bonchev–Trinajstić information content (AvgIpc) is 3.35. The minimum atomic E-state index is -3.99. The summed E-state index contributed by atoms with van der Waals surface area (Å²) in [6, 6.07) is 12.3. The Morgan fingerprint density at radius 1 is 1.14 bits per heavy atom. The number of aryl methyl sites for hydroxylation is 1. The van der Waals surface area contributed by atoms with E-state index in [1.54, 1.807) is 6.92 Å². The van der Waals surface area contributed by atoms with Crippen LogP contribution in [0.3, 0.4) is 0 Å². The summed E-state index contributed by atoms with van der Waals surface area (Å²) in [5, 5.41) is 14.4. The molecule has 1 fully saturated rings. The number of nitro groups is 1. The van der Waals surface area contributed by atoms with Crippen molar-refractivity contribution >= 4 is 33.2 Å². The van der Waals surface area contributed by atoms with E-state index < -0.39 is 33.4 Å². The molecule has 0 aliphatic heterocycles. The van der Waals surface area contributed by atoms with Crippen molar-refractivity contribution in [2.24, 2.45) is 0 Å². The summed E-state index contributed by atoms with van der Waals surface area (Å²) >= 11 is 0. The van der Waals surface area contributed by atoms with Gasteiger partial charge in [0.15, 0.2) is 0 Å². The monoisotopic (exact) mass is 530 g/mol. The lowest BCUT2D eigenvalue weighted by Crippen LogP contribution is -2.53. The van der Waals surface area contributed by atoms with Gasteiger partial charge in [0.2, 0.25) is 21.8 Å². The Kier molecular flexibility index (Phi) is 9.25. The van der Waals surface area contributed by atoms with Crippen molar-refractivity contribution in [3.63, 3.8) is 0 Å². The molecule has 1 aliphatic rings. The summed E-state index contributed by atoms with van der Waals surface area (Å²) in [5.41, 5.74) is 1.02. The number of amides is 2. The number of rotatable bonds is 11. The largest absolute Gasteiger partial charge is 0.352 e.